The molecule has 0 aliphatic carbocycles. The van der Waals surface area contributed by atoms with Crippen LogP contribution < -0.4 is 5.32 Å². The molecule has 1 N–H and O–H groups in total. The largest absolute Gasteiger partial charge is 0.313 e. The van der Waals surface area contributed by atoms with Crippen LogP contribution in [0.1, 0.15) is 17.8 Å². The van der Waals surface area contributed by atoms with Crippen molar-refractivity contribution in [2.45, 2.75) is 13.3 Å². The molecule has 3 rings (SSSR count). The van der Waals surface area contributed by atoms with Crippen molar-refractivity contribution in [2.75, 3.05) is 13.1 Å². The van der Waals surface area contributed by atoms with Gasteiger partial charge < -0.3 is 5.32 Å². The van der Waals surface area contributed by atoms with Crippen molar-refractivity contribution in [2.24, 2.45) is 0 Å². The average Bonchev–Trinajstić information content (AvgIpc) is 2.82. The number of hydrogen-bond donors (Lipinski definition) is 1. The number of hydrogen-bond acceptors (Lipinski definition) is 4. The second kappa shape index (κ2) is 4.89. The van der Waals surface area contributed by atoms with E-state index in [-0.39, 0.29) is 0 Å². The van der Waals surface area contributed by atoms with Gasteiger partial charge in [-0.3, -0.25) is 0 Å². The van der Waals surface area contributed by atoms with Crippen molar-refractivity contribution in [3.63, 3.8) is 0 Å². The van der Waals surface area contributed by atoms with E-state index < -0.39 is 5.95 Å². The highest BCUT2D eigenvalue weighted by Gasteiger charge is 2.17. The van der Waals surface area contributed by atoms with Gasteiger partial charge in [0.05, 0.1) is 5.69 Å². The molecule has 2 aromatic rings. The zero-order valence-corrected chi connectivity index (χ0v) is 10.6. The molecule has 3 heterocycles. The third-order valence-corrected chi connectivity index (χ3v) is 3.23. The first-order valence-electron chi connectivity index (χ1n) is 6.20. The minimum atomic E-state index is -0.540. The number of pyridine rings is 1. The molecular formula is C13H14FN5. The third kappa shape index (κ3) is 2.15. The summed E-state index contributed by atoms with van der Waals surface area (Å²) in [5.41, 5.74) is 3.16. The molecule has 0 spiro atoms. The highest BCUT2D eigenvalue weighted by atomic mass is 19.1. The number of nitrogens with one attached hydrogen (secondary N) is 1. The van der Waals surface area contributed by atoms with Crippen LogP contribution in [0.2, 0.25) is 0 Å². The van der Waals surface area contributed by atoms with Crippen LogP contribution in [-0.2, 0) is 0 Å². The molecule has 0 amide bonds. The molecule has 0 radical (unpaired) electrons. The van der Waals surface area contributed by atoms with E-state index >= 15 is 0 Å². The van der Waals surface area contributed by atoms with E-state index in [0.717, 1.165) is 36.5 Å². The Morgan fingerprint density at radius 3 is 3.05 bits per heavy atom. The predicted molar refractivity (Wildman–Crippen MR) is 69.3 cm³/mol. The van der Waals surface area contributed by atoms with Crippen LogP contribution in [0.4, 0.5) is 4.39 Å². The van der Waals surface area contributed by atoms with E-state index in [4.69, 9.17) is 0 Å². The maximum atomic E-state index is 13.7. The van der Waals surface area contributed by atoms with Crippen molar-refractivity contribution in [3.8, 4) is 5.69 Å². The molecule has 6 heteroatoms. The van der Waals surface area contributed by atoms with Crippen molar-refractivity contribution in [3.05, 3.63) is 41.7 Å². The van der Waals surface area contributed by atoms with Gasteiger partial charge in [0.1, 0.15) is 11.4 Å². The van der Waals surface area contributed by atoms with Crippen LogP contribution in [-0.4, -0.2) is 33.1 Å². The number of halogens is 1. The minimum absolute atomic E-state index is 0.327. The van der Waals surface area contributed by atoms with Crippen LogP contribution in [0.5, 0.6) is 0 Å². The molecule has 0 aromatic carbocycles. The van der Waals surface area contributed by atoms with E-state index in [2.05, 4.69) is 26.7 Å². The second-order valence-corrected chi connectivity index (χ2v) is 4.43. The van der Waals surface area contributed by atoms with E-state index in [0.29, 0.717) is 5.69 Å². The Morgan fingerprint density at radius 1 is 1.42 bits per heavy atom. The molecule has 0 atom stereocenters. The van der Waals surface area contributed by atoms with Crippen LogP contribution >= 0.6 is 0 Å². The van der Waals surface area contributed by atoms with Crippen LogP contribution in [0, 0.1) is 12.9 Å². The lowest BCUT2D eigenvalue weighted by Crippen LogP contribution is -2.20. The molecule has 0 bridgehead atoms. The molecule has 0 saturated carbocycles. The molecule has 19 heavy (non-hydrogen) atoms. The molecule has 0 saturated heterocycles. The first kappa shape index (κ1) is 12.0. The van der Waals surface area contributed by atoms with Gasteiger partial charge in [-0.2, -0.15) is 4.39 Å². The zero-order valence-electron chi connectivity index (χ0n) is 10.6. The molecule has 2 aromatic heterocycles. The molecule has 5 nitrogen and oxygen atoms in total. The van der Waals surface area contributed by atoms with Crippen molar-refractivity contribution >= 4 is 5.57 Å². The van der Waals surface area contributed by atoms with Crippen LogP contribution in [0.25, 0.3) is 11.3 Å². The van der Waals surface area contributed by atoms with Gasteiger partial charge in [0.2, 0.25) is 5.95 Å². The minimum Gasteiger partial charge on any atom is -0.313 e. The highest BCUT2D eigenvalue weighted by Crippen LogP contribution is 2.22. The molecule has 1 aliphatic rings. The average molecular weight is 259 g/mol. The monoisotopic (exact) mass is 259 g/mol. The first-order valence-corrected chi connectivity index (χ1v) is 6.20. The lowest BCUT2D eigenvalue weighted by molar-refractivity contribution is 0.564. The van der Waals surface area contributed by atoms with Gasteiger partial charge in [0, 0.05) is 12.7 Å². The summed E-state index contributed by atoms with van der Waals surface area (Å²) in [6.45, 7) is 3.66. The summed E-state index contributed by atoms with van der Waals surface area (Å²) in [4.78, 5) is 3.64. The Bertz CT molecular complexity index is 632. The predicted octanol–water partition coefficient (Wildman–Crippen LogP) is 1.49. The van der Waals surface area contributed by atoms with Crippen molar-refractivity contribution in [1.29, 1.82) is 0 Å². The molecule has 0 unspecified atom stereocenters. The number of rotatable bonds is 2. The second-order valence-electron chi connectivity index (χ2n) is 4.43. The smallest absolute Gasteiger partial charge is 0.238 e. The summed E-state index contributed by atoms with van der Waals surface area (Å²) < 4.78 is 15.2. The van der Waals surface area contributed by atoms with E-state index in [1.54, 1.807) is 12.1 Å². The Hall–Kier alpha value is -2.08. The molecule has 1 aliphatic heterocycles. The summed E-state index contributed by atoms with van der Waals surface area (Å²) in [5.74, 6) is -0.540. The molecular weight excluding hydrogens is 245 g/mol. The van der Waals surface area contributed by atoms with E-state index in [1.165, 1.54) is 10.9 Å². The summed E-state index contributed by atoms with van der Waals surface area (Å²) in [6.07, 6.45) is 4.43. The summed E-state index contributed by atoms with van der Waals surface area (Å²) in [6, 6.07) is 3.33. The summed E-state index contributed by atoms with van der Waals surface area (Å²) in [7, 11) is 0. The van der Waals surface area contributed by atoms with Gasteiger partial charge in [-0.15, -0.1) is 5.10 Å². The summed E-state index contributed by atoms with van der Waals surface area (Å²) >= 11 is 0. The maximum Gasteiger partial charge on any atom is 0.238 e. The third-order valence-electron chi connectivity index (χ3n) is 3.23. The topological polar surface area (TPSA) is 55.6 Å². The lowest BCUT2D eigenvalue weighted by Gasteiger charge is -2.12. The van der Waals surface area contributed by atoms with Crippen molar-refractivity contribution in [1.82, 2.24) is 25.3 Å². The lowest BCUT2D eigenvalue weighted by atomic mass is 10.0. The Labute approximate surface area is 110 Å². The van der Waals surface area contributed by atoms with Gasteiger partial charge >= 0.3 is 0 Å². The SMILES string of the molecule is Cc1c(C2=CCNCC2)nnn1-c1cccnc1F. The summed E-state index contributed by atoms with van der Waals surface area (Å²) in [5, 5.41) is 11.5. The first-order chi connectivity index (χ1) is 9.27. The molecule has 0 fully saturated rings. The molecule has 98 valence electrons. The van der Waals surface area contributed by atoms with Gasteiger partial charge in [-0.05, 0) is 37.6 Å². The van der Waals surface area contributed by atoms with Crippen molar-refractivity contribution < 1.29 is 4.39 Å². The quantitative estimate of drug-likeness (QED) is 0.830. The van der Waals surface area contributed by atoms with Gasteiger partial charge in [-0.1, -0.05) is 11.3 Å². The zero-order chi connectivity index (χ0) is 13.2. The normalized spacial score (nSPS) is 15.4. The fourth-order valence-electron chi connectivity index (χ4n) is 2.23. The van der Waals surface area contributed by atoms with Gasteiger partial charge in [0.25, 0.3) is 0 Å². The Kier molecular flexibility index (Phi) is 3.08. The Balaban J connectivity index is 2.04. The number of nitrogens with zero attached hydrogens (tertiary/aromatic N) is 4. The fourth-order valence-corrected chi connectivity index (χ4v) is 2.23. The van der Waals surface area contributed by atoms with Crippen LogP contribution in [0.3, 0.4) is 0 Å². The standard InChI is InChI=1S/C13H14FN5/c1-9-12(10-4-7-15-8-5-10)17-18-19(9)11-3-2-6-16-13(11)14/h2-4,6,15H,5,7-8H2,1H3. The van der Waals surface area contributed by atoms with E-state index in [9.17, 15) is 4.39 Å². The van der Waals surface area contributed by atoms with Gasteiger partial charge in [-0.25, -0.2) is 9.67 Å². The van der Waals surface area contributed by atoms with Gasteiger partial charge in [0.15, 0.2) is 0 Å². The Morgan fingerprint density at radius 2 is 2.32 bits per heavy atom. The van der Waals surface area contributed by atoms with Crippen LogP contribution in [0.15, 0.2) is 24.4 Å². The maximum absolute atomic E-state index is 13.7. The fraction of sp³-hybridized carbons (Fsp3) is 0.308. The number of aromatic nitrogens is 4. The highest BCUT2D eigenvalue weighted by molar-refractivity contribution is 5.65. The van der Waals surface area contributed by atoms with E-state index in [1.807, 2.05) is 6.92 Å².